The van der Waals surface area contributed by atoms with Crippen molar-refractivity contribution in [2.75, 3.05) is 0 Å². The summed E-state index contributed by atoms with van der Waals surface area (Å²) in [7, 11) is 0. The van der Waals surface area contributed by atoms with Gasteiger partial charge in [0.2, 0.25) is 11.0 Å². The molecule has 0 spiro atoms. The highest BCUT2D eigenvalue weighted by atomic mass is 35.5. The predicted molar refractivity (Wildman–Crippen MR) is 113 cm³/mol. The van der Waals surface area contributed by atoms with E-state index in [9.17, 15) is 0 Å². The Bertz CT molecular complexity index is 1500. The van der Waals surface area contributed by atoms with E-state index in [0.29, 0.717) is 5.71 Å². The molecule has 6 aromatic rings. The van der Waals surface area contributed by atoms with Crippen molar-refractivity contribution in [1.29, 1.82) is 0 Å². The first-order chi connectivity index (χ1) is 13.3. The molecular formula is C22H11ClN2OS. The van der Waals surface area contributed by atoms with Crippen molar-refractivity contribution in [3.8, 4) is 11.3 Å². The molecule has 3 nitrogen and oxygen atoms in total. The maximum Gasteiger partial charge on any atom is 0.232 e. The summed E-state index contributed by atoms with van der Waals surface area (Å²) >= 11 is 8.02. The number of nitrogens with zero attached hydrogens (tertiary/aromatic N) is 2. The van der Waals surface area contributed by atoms with Gasteiger partial charge in [-0.25, -0.2) is 4.98 Å². The zero-order valence-electron chi connectivity index (χ0n) is 13.9. The number of furan rings is 1. The Morgan fingerprint density at radius 1 is 0.778 bits per heavy atom. The Morgan fingerprint density at radius 3 is 2.48 bits per heavy atom. The van der Waals surface area contributed by atoms with Crippen LogP contribution in [0, 0.1) is 0 Å². The first-order valence-corrected chi connectivity index (χ1v) is 9.74. The van der Waals surface area contributed by atoms with Crippen molar-refractivity contribution in [3.05, 3.63) is 72.0 Å². The lowest BCUT2D eigenvalue weighted by Gasteiger charge is -2.05. The first-order valence-electron chi connectivity index (χ1n) is 8.55. The molecule has 3 heterocycles. The van der Waals surface area contributed by atoms with E-state index in [0.717, 1.165) is 27.6 Å². The number of halogens is 1. The largest absolute Gasteiger partial charge is 0.438 e. The highest BCUT2D eigenvalue weighted by Gasteiger charge is 2.19. The molecule has 128 valence electrons. The SMILES string of the molecule is Clc1nc(-c2cccc3c2sc2ccccc23)c2c(n1)oc1ccccc12. The molecule has 3 aromatic heterocycles. The first kappa shape index (κ1) is 15.1. The molecule has 0 amide bonds. The molecule has 0 N–H and O–H groups in total. The van der Waals surface area contributed by atoms with Crippen LogP contribution in [0.15, 0.2) is 71.1 Å². The maximum absolute atomic E-state index is 6.25. The van der Waals surface area contributed by atoms with Gasteiger partial charge in [0.1, 0.15) is 5.58 Å². The summed E-state index contributed by atoms with van der Waals surface area (Å²) in [4.78, 5) is 8.93. The van der Waals surface area contributed by atoms with E-state index in [1.54, 1.807) is 11.3 Å². The third-order valence-corrected chi connectivity index (χ3v) is 6.26. The van der Waals surface area contributed by atoms with Crippen LogP contribution in [-0.4, -0.2) is 9.97 Å². The lowest BCUT2D eigenvalue weighted by molar-refractivity contribution is 0.653. The monoisotopic (exact) mass is 386 g/mol. The molecule has 0 saturated heterocycles. The van der Waals surface area contributed by atoms with Gasteiger partial charge < -0.3 is 4.42 Å². The van der Waals surface area contributed by atoms with Crippen LogP contribution in [0.3, 0.4) is 0 Å². The van der Waals surface area contributed by atoms with Crippen LogP contribution in [-0.2, 0) is 0 Å². The minimum atomic E-state index is 0.190. The van der Waals surface area contributed by atoms with Crippen LogP contribution in [0.1, 0.15) is 0 Å². The average molecular weight is 387 g/mol. The highest BCUT2D eigenvalue weighted by molar-refractivity contribution is 7.26. The third kappa shape index (κ3) is 2.14. The van der Waals surface area contributed by atoms with Gasteiger partial charge in [-0.2, -0.15) is 4.98 Å². The number of fused-ring (bicyclic) bond motifs is 6. The average Bonchev–Trinajstić information content (AvgIpc) is 3.25. The molecule has 6 rings (SSSR count). The number of hydrogen-bond acceptors (Lipinski definition) is 4. The molecule has 0 aliphatic carbocycles. The summed E-state index contributed by atoms with van der Waals surface area (Å²) in [5.74, 6) is 0. The molecule has 0 atom stereocenters. The fourth-order valence-electron chi connectivity index (χ4n) is 3.73. The van der Waals surface area contributed by atoms with E-state index in [1.165, 1.54) is 20.2 Å². The van der Waals surface area contributed by atoms with E-state index in [1.807, 2.05) is 24.3 Å². The quantitative estimate of drug-likeness (QED) is 0.284. The van der Waals surface area contributed by atoms with E-state index < -0.39 is 0 Å². The maximum atomic E-state index is 6.25. The van der Waals surface area contributed by atoms with Crippen LogP contribution >= 0.6 is 22.9 Å². The topological polar surface area (TPSA) is 38.9 Å². The van der Waals surface area contributed by atoms with E-state index in [2.05, 4.69) is 52.4 Å². The van der Waals surface area contributed by atoms with Crippen molar-refractivity contribution >= 4 is 65.2 Å². The van der Waals surface area contributed by atoms with E-state index in [-0.39, 0.29) is 5.28 Å². The van der Waals surface area contributed by atoms with E-state index in [4.69, 9.17) is 16.0 Å². The molecule has 0 radical (unpaired) electrons. The smallest absolute Gasteiger partial charge is 0.232 e. The molecule has 0 aliphatic rings. The summed E-state index contributed by atoms with van der Waals surface area (Å²) < 4.78 is 8.39. The standard InChI is InChI=1S/C22H11ClN2OS/c23-22-24-19(18-14-7-1-3-10-16(14)26-21(18)25-22)15-9-5-8-13-12-6-2-4-11-17(12)27-20(13)15/h1-11H. The third-order valence-electron chi connectivity index (χ3n) is 4.87. The lowest BCUT2D eigenvalue weighted by atomic mass is 10.0. The van der Waals surface area contributed by atoms with E-state index >= 15 is 0 Å². The number of thiophene rings is 1. The van der Waals surface area contributed by atoms with Crippen molar-refractivity contribution < 1.29 is 4.42 Å². The molecule has 0 unspecified atom stereocenters. The second kappa shape index (κ2) is 5.52. The zero-order valence-corrected chi connectivity index (χ0v) is 15.5. The number of aromatic nitrogens is 2. The normalized spacial score (nSPS) is 11.9. The van der Waals surface area contributed by atoms with Crippen molar-refractivity contribution in [1.82, 2.24) is 9.97 Å². The molecule has 0 saturated carbocycles. The Labute approximate surface area is 162 Å². The Morgan fingerprint density at radius 2 is 1.56 bits per heavy atom. The van der Waals surface area contributed by atoms with Gasteiger partial charge >= 0.3 is 0 Å². The molecule has 27 heavy (non-hydrogen) atoms. The molecule has 0 bridgehead atoms. The number of benzene rings is 3. The fraction of sp³-hybridized carbons (Fsp3) is 0. The van der Waals surface area contributed by atoms with Crippen LogP contribution in [0.4, 0.5) is 0 Å². The minimum absolute atomic E-state index is 0.190. The summed E-state index contributed by atoms with van der Waals surface area (Å²) in [6, 6.07) is 22.7. The van der Waals surface area contributed by atoms with Gasteiger partial charge in [0.25, 0.3) is 0 Å². The van der Waals surface area contributed by atoms with Crippen LogP contribution in [0.25, 0.3) is 53.5 Å². The van der Waals surface area contributed by atoms with Crippen molar-refractivity contribution in [2.24, 2.45) is 0 Å². The molecular weight excluding hydrogens is 376 g/mol. The lowest BCUT2D eigenvalue weighted by Crippen LogP contribution is -1.89. The molecule has 3 aromatic carbocycles. The zero-order chi connectivity index (χ0) is 18.0. The van der Waals surface area contributed by atoms with Crippen LogP contribution in [0.2, 0.25) is 5.28 Å². The van der Waals surface area contributed by atoms with Gasteiger partial charge in [-0.15, -0.1) is 11.3 Å². The van der Waals surface area contributed by atoms with Gasteiger partial charge in [-0.05, 0) is 23.7 Å². The summed E-state index contributed by atoms with van der Waals surface area (Å²) in [6.07, 6.45) is 0. The number of hydrogen-bond donors (Lipinski definition) is 0. The molecule has 0 fully saturated rings. The van der Waals surface area contributed by atoms with Crippen LogP contribution in [0.5, 0.6) is 0 Å². The Kier molecular flexibility index (Phi) is 3.10. The summed E-state index contributed by atoms with van der Waals surface area (Å²) in [5, 5.41) is 4.57. The second-order valence-electron chi connectivity index (χ2n) is 6.40. The van der Waals surface area contributed by atoms with Crippen molar-refractivity contribution in [2.45, 2.75) is 0 Å². The Hall–Kier alpha value is -2.95. The minimum Gasteiger partial charge on any atom is -0.438 e. The van der Waals surface area contributed by atoms with Gasteiger partial charge in [0.15, 0.2) is 0 Å². The van der Waals surface area contributed by atoms with Crippen LogP contribution < -0.4 is 0 Å². The number of para-hydroxylation sites is 1. The fourth-order valence-corrected chi connectivity index (χ4v) is 5.10. The summed E-state index contributed by atoms with van der Waals surface area (Å²) in [5.41, 5.74) is 3.17. The second-order valence-corrected chi connectivity index (χ2v) is 7.79. The predicted octanol–water partition coefficient (Wildman–Crippen LogP) is 7.06. The van der Waals surface area contributed by atoms with Gasteiger partial charge in [0, 0.05) is 31.1 Å². The molecule has 0 aliphatic heterocycles. The van der Waals surface area contributed by atoms with Gasteiger partial charge in [0.05, 0.1) is 11.1 Å². The highest BCUT2D eigenvalue weighted by Crippen LogP contribution is 2.42. The molecule has 5 heteroatoms. The number of rotatable bonds is 1. The summed E-state index contributed by atoms with van der Waals surface area (Å²) in [6.45, 7) is 0. The Balaban J connectivity index is 1.80. The van der Waals surface area contributed by atoms with Gasteiger partial charge in [-0.3, -0.25) is 0 Å². The van der Waals surface area contributed by atoms with Crippen molar-refractivity contribution in [3.63, 3.8) is 0 Å². The van der Waals surface area contributed by atoms with Gasteiger partial charge in [-0.1, -0.05) is 54.6 Å².